The Labute approximate surface area is 191 Å². The Bertz CT molecular complexity index is 1350. The number of benzene rings is 1. The maximum absolute atomic E-state index is 12.9. The molecule has 0 radical (unpaired) electrons. The van der Waals surface area contributed by atoms with Gasteiger partial charge in [0, 0.05) is 12.2 Å². The van der Waals surface area contributed by atoms with Crippen LogP contribution in [0.25, 0.3) is 16.0 Å². The fourth-order valence-corrected chi connectivity index (χ4v) is 4.82. The second kappa shape index (κ2) is 9.13. The minimum atomic E-state index is -0.437. The van der Waals surface area contributed by atoms with Crippen LogP contribution in [0, 0.1) is 5.92 Å². The summed E-state index contributed by atoms with van der Waals surface area (Å²) in [5.74, 6) is 0.172. The third kappa shape index (κ3) is 4.26. The van der Waals surface area contributed by atoms with E-state index >= 15 is 0 Å². The number of fused-ring (bicyclic) bond motifs is 3. The van der Waals surface area contributed by atoms with Gasteiger partial charge >= 0.3 is 5.97 Å². The van der Waals surface area contributed by atoms with Crippen LogP contribution in [0.15, 0.2) is 45.7 Å². The highest BCUT2D eigenvalue weighted by Gasteiger charge is 2.19. The number of carbonyl (C=O) groups is 2. The first-order chi connectivity index (χ1) is 15.4. The predicted molar refractivity (Wildman–Crippen MR) is 125 cm³/mol. The minimum Gasteiger partial charge on any atom is -0.465 e. The van der Waals surface area contributed by atoms with Crippen molar-refractivity contribution in [3.63, 3.8) is 0 Å². The summed E-state index contributed by atoms with van der Waals surface area (Å²) in [6.45, 7) is 4.60. The lowest BCUT2D eigenvalue weighted by atomic mass is 10.2. The number of hydrogen-bond donors (Lipinski definition) is 1. The molecule has 32 heavy (non-hydrogen) atoms. The lowest BCUT2D eigenvalue weighted by molar-refractivity contribution is -0.113. The van der Waals surface area contributed by atoms with Crippen LogP contribution in [0.3, 0.4) is 0 Å². The highest BCUT2D eigenvalue weighted by atomic mass is 32.2. The molecule has 1 N–H and O–H groups in total. The number of rotatable bonds is 7. The first kappa shape index (κ1) is 22.0. The number of esters is 1. The largest absolute Gasteiger partial charge is 0.465 e. The number of amides is 1. The van der Waals surface area contributed by atoms with E-state index in [9.17, 15) is 14.4 Å². The maximum atomic E-state index is 12.9. The first-order valence-electron chi connectivity index (χ1n) is 9.85. The molecule has 1 aromatic carbocycles. The average molecular weight is 472 g/mol. The van der Waals surface area contributed by atoms with E-state index in [4.69, 9.17) is 0 Å². The molecule has 0 fully saturated rings. The Balaban J connectivity index is 1.55. The lowest BCUT2D eigenvalue weighted by Gasteiger charge is -2.11. The van der Waals surface area contributed by atoms with Gasteiger partial charge in [-0.05, 0) is 41.6 Å². The van der Waals surface area contributed by atoms with Gasteiger partial charge in [-0.3, -0.25) is 18.6 Å². The van der Waals surface area contributed by atoms with Gasteiger partial charge in [0.05, 0.1) is 23.9 Å². The number of aromatic nitrogens is 4. The summed E-state index contributed by atoms with van der Waals surface area (Å²) in [7, 11) is 1.31. The van der Waals surface area contributed by atoms with Gasteiger partial charge in [-0.15, -0.1) is 21.5 Å². The van der Waals surface area contributed by atoms with Gasteiger partial charge in [0.1, 0.15) is 4.70 Å². The Morgan fingerprint density at radius 3 is 2.62 bits per heavy atom. The van der Waals surface area contributed by atoms with E-state index < -0.39 is 5.97 Å². The smallest absolute Gasteiger partial charge is 0.337 e. The zero-order valence-corrected chi connectivity index (χ0v) is 19.3. The predicted octanol–water partition coefficient (Wildman–Crippen LogP) is 3.28. The van der Waals surface area contributed by atoms with Crippen molar-refractivity contribution in [1.29, 1.82) is 0 Å². The maximum Gasteiger partial charge on any atom is 0.337 e. The fourth-order valence-electron chi connectivity index (χ4n) is 3.26. The van der Waals surface area contributed by atoms with Crippen molar-refractivity contribution in [2.24, 2.45) is 5.92 Å². The number of methoxy groups -OCH3 is 1. The number of hydrogen-bond acceptors (Lipinski definition) is 8. The highest BCUT2D eigenvalue weighted by molar-refractivity contribution is 7.99. The van der Waals surface area contributed by atoms with Crippen LogP contribution in [-0.2, 0) is 16.1 Å². The number of anilines is 1. The summed E-state index contributed by atoms with van der Waals surface area (Å²) in [6, 6.07) is 8.32. The topological polar surface area (TPSA) is 108 Å². The van der Waals surface area contributed by atoms with Gasteiger partial charge in [-0.2, -0.15) is 0 Å². The number of nitrogens with one attached hydrogen (secondary N) is 1. The van der Waals surface area contributed by atoms with Crippen molar-refractivity contribution < 1.29 is 14.3 Å². The summed E-state index contributed by atoms with van der Waals surface area (Å²) in [5, 5.41) is 13.7. The van der Waals surface area contributed by atoms with Gasteiger partial charge in [-0.1, -0.05) is 25.6 Å². The zero-order valence-electron chi connectivity index (χ0n) is 17.7. The Kier molecular flexibility index (Phi) is 6.28. The molecule has 166 valence electrons. The van der Waals surface area contributed by atoms with E-state index in [1.807, 2.05) is 29.7 Å². The summed E-state index contributed by atoms with van der Waals surface area (Å²) in [4.78, 5) is 36.9. The van der Waals surface area contributed by atoms with Gasteiger partial charge in [0.2, 0.25) is 11.7 Å². The molecule has 0 saturated carbocycles. The van der Waals surface area contributed by atoms with Gasteiger partial charge in [-0.25, -0.2) is 4.79 Å². The third-order valence-corrected chi connectivity index (χ3v) is 6.47. The second-order valence-electron chi connectivity index (χ2n) is 7.47. The van der Waals surface area contributed by atoms with E-state index in [-0.39, 0.29) is 23.1 Å². The Morgan fingerprint density at radius 1 is 1.19 bits per heavy atom. The molecular formula is C21H21N5O4S2. The number of carbonyl (C=O) groups excluding carboxylic acids is 2. The molecule has 11 heteroatoms. The van der Waals surface area contributed by atoms with Crippen molar-refractivity contribution in [2.45, 2.75) is 25.5 Å². The van der Waals surface area contributed by atoms with Crippen LogP contribution in [0.1, 0.15) is 24.2 Å². The molecule has 0 saturated heterocycles. The molecule has 3 aromatic heterocycles. The molecule has 0 bridgehead atoms. The number of thioether (sulfide) groups is 1. The molecule has 4 rings (SSSR count). The molecule has 0 aliphatic heterocycles. The first-order valence-corrected chi connectivity index (χ1v) is 11.7. The van der Waals surface area contributed by atoms with Crippen LogP contribution in [0.2, 0.25) is 0 Å². The molecule has 0 unspecified atom stereocenters. The van der Waals surface area contributed by atoms with Crippen molar-refractivity contribution >= 4 is 56.7 Å². The van der Waals surface area contributed by atoms with E-state index in [2.05, 4.69) is 20.3 Å². The number of nitrogens with zero attached hydrogens (tertiary/aromatic N) is 4. The molecular weight excluding hydrogens is 450 g/mol. The molecule has 3 heterocycles. The Hall–Kier alpha value is -3.18. The van der Waals surface area contributed by atoms with Crippen molar-refractivity contribution in [2.75, 3.05) is 18.2 Å². The number of thiophene rings is 1. The van der Waals surface area contributed by atoms with Crippen LogP contribution < -0.4 is 10.9 Å². The van der Waals surface area contributed by atoms with Crippen LogP contribution in [0.4, 0.5) is 5.69 Å². The third-order valence-electron chi connectivity index (χ3n) is 4.65. The number of ether oxygens (including phenoxy) is 1. The molecule has 0 aliphatic carbocycles. The van der Waals surface area contributed by atoms with E-state index in [0.717, 1.165) is 5.52 Å². The summed E-state index contributed by atoms with van der Waals surface area (Å²) >= 11 is 2.62. The van der Waals surface area contributed by atoms with E-state index in [0.29, 0.717) is 33.4 Å². The SMILES string of the molecule is COC(=O)c1ccc(NC(=O)CSc2nnc3n(CC(C)C)c(=O)c4sccc4n23)cc1. The second-order valence-corrected chi connectivity index (χ2v) is 9.33. The van der Waals surface area contributed by atoms with E-state index in [1.165, 1.54) is 30.2 Å². The van der Waals surface area contributed by atoms with Gasteiger partial charge in [0.15, 0.2) is 5.16 Å². The average Bonchev–Trinajstić information content (AvgIpc) is 3.42. The molecule has 0 atom stereocenters. The molecule has 0 spiro atoms. The lowest BCUT2D eigenvalue weighted by Crippen LogP contribution is -2.24. The molecule has 1 amide bonds. The molecule has 4 aromatic rings. The zero-order chi connectivity index (χ0) is 22.8. The normalized spacial score (nSPS) is 11.4. The van der Waals surface area contributed by atoms with Crippen LogP contribution in [-0.4, -0.2) is 43.9 Å². The van der Waals surface area contributed by atoms with Crippen molar-refractivity contribution in [3.8, 4) is 0 Å². The summed E-state index contributed by atoms with van der Waals surface area (Å²) < 4.78 is 8.78. The fraction of sp³-hybridized carbons (Fsp3) is 0.286. The summed E-state index contributed by atoms with van der Waals surface area (Å²) in [6.07, 6.45) is 0. The van der Waals surface area contributed by atoms with Crippen molar-refractivity contribution in [1.82, 2.24) is 19.2 Å². The highest BCUT2D eigenvalue weighted by Crippen LogP contribution is 2.25. The van der Waals surface area contributed by atoms with Crippen LogP contribution in [0.5, 0.6) is 0 Å². The monoisotopic (exact) mass is 471 g/mol. The summed E-state index contributed by atoms with van der Waals surface area (Å²) in [5.41, 5.74) is 1.64. The molecule has 9 nitrogen and oxygen atoms in total. The van der Waals surface area contributed by atoms with Gasteiger partial charge < -0.3 is 10.1 Å². The van der Waals surface area contributed by atoms with Crippen LogP contribution >= 0.6 is 23.1 Å². The Morgan fingerprint density at radius 2 is 1.94 bits per heavy atom. The van der Waals surface area contributed by atoms with E-state index in [1.54, 1.807) is 28.8 Å². The standard InChI is InChI=1S/C21H21N5O4S2/c1-12(2)10-25-18(28)17-15(8-9-31-17)26-20(25)23-24-21(26)32-11-16(27)22-14-6-4-13(5-7-14)19(29)30-3/h4-9,12H,10-11H2,1-3H3,(H,22,27). The van der Waals surface area contributed by atoms with Crippen molar-refractivity contribution in [3.05, 3.63) is 51.6 Å². The molecule has 0 aliphatic rings. The van der Waals surface area contributed by atoms with Gasteiger partial charge in [0.25, 0.3) is 5.56 Å². The quantitative estimate of drug-likeness (QED) is 0.326. The minimum absolute atomic E-state index is 0.0757.